The molecule has 1 aromatic carbocycles. The predicted molar refractivity (Wildman–Crippen MR) is 87.5 cm³/mol. The van der Waals surface area contributed by atoms with Gasteiger partial charge < -0.3 is 10.6 Å². The number of aromatic nitrogens is 2. The summed E-state index contributed by atoms with van der Waals surface area (Å²) in [5.74, 6) is 1.46. The molecule has 0 aliphatic carbocycles. The summed E-state index contributed by atoms with van der Waals surface area (Å²) in [6.45, 7) is 3.11. The van der Waals surface area contributed by atoms with E-state index in [0.29, 0.717) is 5.95 Å². The van der Waals surface area contributed by atoms with E-state index in [1.54, 1.807) is 6.20 Å². The quantitative estimate of drug-likeness (QED) is 0.727. The molecule has 0 bridgehead atoms. The molecule has 0 spiro atoms. The van der Waals surface area contributed by atoms with E-state index >= 15 is 0 Å². The third kappa shape index (κ3) is 4.81. The van der Waals surface area contributed by atoms with Gasteiger partial charge in [0.15, 0.2) is 0 Å². The van der Waals surface area contributed by atoms with Crippen molar-refractivity contribution in [3.63, 3.8) is 0 Å². The Balaban J connectivity index is 1.93. The van der Waals surface area contributed by atoms with Gasteiger partial charge in [-0.25, -0.2) is 4.98 Å². The van der Waals surface area contributed by atoms with Gasteiger partial charge in [0.05, 0.1) is 0 Å². The van der Waals surface area contributed by atoms with Crippen LogP contribution in [0.4, 0.5) is 17.5 Å². The van der Waals surface area contributed by atoms with E-state index in [1.807, 2.05) is 30.3 Å². The number of hydrogen-bond donors (Lipinski definition) is 2. The second-order valence-corrected chi connectivity index (χ2v) is 5.45. The lowest BCUT2D eigenvalue weighted by Gasteiger charge is -2.08. The van der Waals surface area contributed by atoms with Crippen LogP contribution < -0.4 is 10.6 Å². The maximum Gasteiger partial charge on any atom is 0.224 e. The van der Waals surface area contributed by atoms with Crippen molar-refractivity contribution in [2.75, 3.05) is 17.2 Å². The molecule has 0 saturated carbocycles. The van der Waals surface area contributed by atoms with Crippen molar-refractivity contribution in [1.29, 1.82) is 0 Å². The Morgan fingerprint density at radius 2 is 1.90 bits per heavy atom. The van der Waals surface area contributed by atoms with Crippen LogP contribution in [0, 0.1) is 0 Å². The molecule has 0 aliphatic rings. The Morgan fingerprint density at radius 3 is 2.65 bits per heavy atom. The van der Waals surface area contributed by atoms with Gasteiger partial charge in [-0.3, -0.25) is 0 Å². The molecule has 5 heteroatoms. The highest BCUT2D eigenvalue weighted by atomic mass is 79.9. The summed E-state index contributed by atoms with van der Waals surface area (Å²) < 4.78 is 1.06. The normalized spacial score (nSPS) is 10.3. The largest absolute Gasteiger partial charge is 0.354 e. The fourth-order valence-corrected chi connectivity index (χ4v) is 2.03. The zero-order valence-electron chi connectivity index (χ0n) is 11.6. The highest BCUT2D eigenvalue weighted by Gasteiger charge is 1.99. The standard InChI is InChI=1S/C15H19BrN4/c1-2-3-4-10-17-15-18-11-9-14(20-15)19-13-7-5-12(16)6-8-13/h5-9,11H,2-4,10H2,1H3,(H2,17,18,19,20). The number of hydrogen-bond acceptors (Lipinski definition) is 4. The van der Waals surface area contributed by atoms with E-state index in [4.69, 9.17) is 0 Å². The molecule has 0 fully saturated rings. The lowest BCUT2D eigenvalue weighted by molar-refractivity contribution is 0.740. The molecule has 0 atom stereocenters. The molecule has 2 aromatic rings. The van der Waals surface area contributed by atoms with E-state index < -0.39 is 0 Å². The second kappa shape index (κ2) is 7.85. The predicted octanol–water partition coefficient (Wildman–Crippen LogP) is 4.58. The molecule has 0 radical (unpaired) electrons. The van der Waals surface area contributed by atoms with E-state index in [1.165, 1.54) is 12.8 Å². The van der Waals surface area contributed by atoms with Gasteiger partial charge >= 0.3 is 0 Å². The number of rotatable bonds is 7. The number of nitrogens with zero attached hydrogens (tertiary/aromatic N) is 2. The summed E-state index contributed by atoms with van der Waals surface area (Å²) in [7, 11) is 0. The van der Waals surface area contributed by atoms with E-state index in [2.05, 4.69) is 43.5 Å². The Hall–Kier alpha value is -1.62. The van der Waals surface area contributed by atoms with Crippen LogP contribution in [-0.2, 0) is 0 Å². The SMILES string of the molecule is CCCCCNc1nccc(Nc2ccc(Br)cc2)n1. The Labute approximate surface area is 128 Å². The average Bonchev–Trinajstić information content (AvgIpc) is 2.47. The summed E-state index contributed by atoms with van der Waals surface area (Å²) in [4.78, 5) is 8.67. The molecule has 2 N–H and O–H groups in total. The van der Waals surface area contributed by atoms with Crippen molar-refractivity contribution in [2.24, 2.45) is 0 Å². The van der Waals surface area contributed by atoms with Gasteiger partial charge in [0.25, 0.3) is 0 Å². The van der Waals surface area contributed by atoms with Crippen molar-refractivity contribution < 1.29 is 0 Å². The molecule has 4 nitrogen and oxygen atoms in total. The minimum atomic E-state index is 0.670. The smallest absolute Gasteiger partial charge is 0.224 e. The van der Waals surface area contributed by atoms with Crippen molar-refractivity contribution in [2.45, 2.75) is 26.2 Å². The Morgan fingerprint density at radius 1 is 1.10 bits per heavy atom. The number of anilines is 3. The van der Waals surface area contributed by atoms with Crippen molar-refractivity contribution in [3.05, 3.63) is 41.0 Å². The first-order valence-corrected chi connectivity index (χ1v) is 7.67. The molecular weight excluding hydrogens is 316 g/mol. The van der Waals surface area contributed by atoms with Crippen LogP contribution in [0.25, 0.3) is 0 Å². The highest BCUT2D eigenvalue weighted by Crippen LogP contribution is 2.18. The van der Waals surface area contributed by atoms with Gasteiger partial charge in [0.1, 0.15) is 5.82 Å². The lowest BCUT2D eigenvalue weighted by atomic mass is 10.2. The first-order chi connectivity index (χ1) is 9.78. The zero-order chi connectivity index (χ0) is 14.2. The first kappa shape index (κ1) is 14.8. The summed E-state index contributed by atoms with van der Waals surface area (Å²) in [6, 6.07) is 9.85. The average molecular weight is 335 g/mol. The molecule has 1 heterocycles. The number of benzene rings is 1. The minimum Gasteiger partial charge on any atom is -0.354 e. The third-order valence-corrected chi connectivity index (χ3v) is 3.36. The number of nitrogens with one attached hydrogen (secondary N) is 2. The summed E-state index contributed by atoms with van der Waals surface area (Å²) in [6.07, 6.45) is 5.35. The van der Waals surface area contributed by atoms with Gasteiger partial charge in [-0.15, -0.1) is 0 Å². The minimum absolute atomic E-state index is 0.670. The fourth-order valence-electron chi connectivity index (χ4n) is 1.77. The maximum absolute atomic E-state index is 4.44. The molecule has 2 rings (SSSR count). The molecule has 106 valence electrons. The lowest BCUT2D eigenvalue weighted by Crippen LogP contribution is -2.06. The monoisotopic (exact) mass is 334 g/mol. The number of halogens is 1. The van der Waals surface area contributed by atoms with Crippen LogP contribution in [0.15, 0.2) is 41.0 Å². The van der Waals surface area contributed by atoms with E-state index in [9.17, 15) is 0 Å². The van der Waals surface area contributed by atoms with Gasteiger partial charge in [0.2, 0.25) is 5.95 Å². The van der Waals surface area contributed by atoms with Crippen LogP contribution in [0.1, 0.15) is 26.2 Å². The molecule has 0 amide bonds. The van der Waals surface area contributed by atoms with E-state index in [-0.39, 0.29) is 0 Å². The Bertz CT molecular complexity index is 528. The molecule has 1 aromatic heterocycles. The second-order valence-electron chi connectivity index (χ2n) is 4.53. The summed E-state index contributed by atoms with van der Waals surface area (Å²) in [5, 5.41) is 6.51. The van der Waals surface area contributed by atoms with E-state index in [0.717, 1.165) is 28.9 Å². The first-order valence-electron chi connectivity index (χ1n) is 6.87. The van der Waals surface area contributed by atoms with Gasteiger partial charge in [-0.05, 0) is 36.8 Å². The number of unbranched alkanes of at least 4 members (excludes halogenated alkanes) is 2. The van der Waals surface area contributed by atoms with Crippen molar-refractivity contribution in [1.82, 2.24) is 9.97 Å². The van der Waals surface area contributed by atoms with Gasteiger partial charge in [-0.2, -0.15) is 4.98 Å². The molecule has 20 heavy (non-hydrogen) atoms. The van der Waals surface area contributed by atoms with Crippen LogP contribution in [0.5, 0.6) is 0 Å². The van der Waals surface area contributed by atoms with Crippen LogP contribution in [0.2, 0.25) is 0 Å². The van der Waals surface area contributed by atoms with Crippen molar-refractivity contribution in [3.8, 4) is 0 Å². The maximum atomic E-state index is 4.44. The Kier molecular flexibility index (Phi) is 5.80. The molecular formula is C15H19BrN4. The topological polar surface area (TPSA) is 49.8 Å². The van der Waals surface area contributed by atoms with Crippen LogP contribution in [0.3, 0.4) is 0 Å². The third-order valence-electron chi connectivity index (χ3n) is 2.84. The summed E-state index contributed by atoms with van der Waals surface area (Å²) in [5.41, 5.74) is 1.00. The highest BCUT2D eigenvalue weighted by molar-refractivity contribution is 9.10. The van der Waals surface area contributed by atoms with Gasteiger partial charge in [0, 0.05) is 22.9 Å². The van der Waals surface area contributed by atoms with Crippen molar-refractivity contribution >= 4 is 33.4 Å². The van der Waals surface area contributed by atoms with Crippen LogP contribution in [-0.4, -0.2) is 16.5 Å². The fraction of sp³-hybridized carbons (Fsp3) is 0.333. The van der Waals surface area contributed by atoms with Crippen LogP contribution >= 0.6 is 15.9 Å². The summed E-state index contributed by atoms with van der Waals surface area (Å²) >= 11 is 3.42. The molecule has 0 unspecified atom stereocenters. The molecule has 0 saturated heterocycles. The molecule has 0 aliphatic heterocycles. The zero-order valence-corrected chi connectivity index (χ0v) is 13.2. The van der Waals surface area contributed by atoms with Gasteiger partial charge in [-0.1, -0.05) is 35.7 Å².